The summed E-state index contributed by atoms with van der Waals surface area (Å²) >= 11 is 0. The molecule has 12 heavy (non-hydrogen) atoms. The summed E-state index contributed by atoms with van der Waals surface area (Å²) in [6.07, 6.45) is 0. The predicted molar refractivity (Wildman–Crippen MR) is 40.3 cm³/mol. The fraction of sp³-hybridized carbons (Fsp3) is 0.375. The van der Waals surface area contributed by atoms with Gasteiger partial charge < -0.3 is 9.47 Å². The summed E-state index contributed by atoms with van der Waals surface area (Å²) in [6.45, 7) is 9.08. The van der Waals surface area contributed by atoms with Gasteiger partial charge in [-0.3, -0.25) is 0 Å². The van der Waals surface area contributed by atoms with Crippen LogP contribution in [0.5, 0.6) is 0 Å². The standard InChI is InChI=1S/C5H6F2O2.C3H4/c1-5(2)8-3(6)4(7)9-5;1-3-2/h1-2H3;1-2H2. The molecule has 0 saturated heterocycles. The minimum absolute atomic E-state index is 1.19. The van der Waals surface area contributed by atoms with E-state index in [2.05, 4.69) is 28.4 Å². The van der Waals surface area contributed by atoms with Gasteiger partial charge in [-0.15, -0.1) is 5.73 Å². The molecule has 1 heterocycles. The summed E-state index contributed by atoms with van der Waals surface area (Å²) < 4.78 is 32.5. The fourth-order valence-electron chi connectivity index (χ4n) is 0.533. The second-order valence-corrected chi connectivity index (χ2v) is 2.40. The van der Waals surface area contributed by atoms with Gasteiger partial charge in [-0.2, -0.15) is 8.78 Å². The summed E-state index contributed by atoms with van der Waals surface area (Å²) in [4.78, 5) is 0. The number of halogens is 2. The molecule has 0 aromatic carbocycles. The van der Waals surface area contributed by atoms with Crippen molar-refractivity contribution in [3.63, 3.8) is 0 Å². The monoisotopic (exact) mass is 176 g/mol. The molecular weight excluding hydrogens is 166 g/mol. The normalized spacial score (nSPS) is 18.3. The number of hydrogen-bond donors (Lipinski definition) is 0. The van der Waals surface area contributed by atoms with Crippen LogP contribution in [0.4, 0.5) is 8.78 Å². The van der Waals surface area contributed by atoms with Crippen LogP contribution in [0.25, 0.3) is 0 Å². The Labute approximate surface area is 69.8 Å². The third-order valence-electron chi connectivity index (χ3n) is 0.825. The second kappa shape index (κ2) is 3.93. The molecule has 4 heteroatoms. The van der Waals surface area contributed by atoms with Crippen molar-refractivity contribution >= 4 is 0 Å². The van der Waals surface area contributed by atoms with E-state index in [1.54, 1.807) is 0 Å². The van der Waals surface area contributed by atoms with Crippen LogP contribution in [0.3, 0.4) is 0 Å². The van der Waals surface area contributed by atoms with Crippen molar-refractivity contribution in [3.8, 4) is 0 Å². The fourth-order valence-corrected chi connectivity index (χ4v) is 0.533. The van der Waals surface area contributed by atoms with Gasteiger partial charge in [0.15, 0.2) is 0 Å². The third kappa shape index (κ3) is 3.21. The number of rotatable bonds is 0. The van der Waals surface area contributed by atoms with Gasteiger partial charge in [0.05, 0.1) is 0 Å². The molecule has 0 amide bonds. The zero-order valence-electron chi connectivity index (χ0n) is 6.99. The van der Waals surface area contributed by atoms with E-state index in [-0.39, 0.29) is 0 Å². The van der Waals surface area contributed by atoms with Crippen molar-refractivity contribution < 1.29 is 18.3 Å². The van der Waals surface area contributed by atoms with E-state index in [1.165, 1.54) is 13.8 Å². The summed E-state index contributed by atoms with van der Waals surface area (Å²) in [7, 11) is 0. The lowest BCUT2D eigenvalue weighted by Crippen LogP contribution is -2.20. The first kappa shape index (κ1) is 10.7. The Morgan fingerprint density at radius 2 is 1.42 bits per heavy atom. The molecule has 0 aliphatic carbocycles. The molecule has 0 spiro atoms. The number of ether oxygens (including phenoxy) is 2. The molecule has 0 fully saturated rings. The zero-order chi connectivity index (χ0) is 9.78. The highest BCUT2D eigenvalue weighted by Crippen LogP contribution is 2.31. The summed E-state index contributed by atoms with van der Waals surface area (Å²) in [5, 5.41) is 0. The third-order valence-corrected chi connectivity index (χ3v) is 0.825. The zero-order valence-corrected chi connectivity index (χ0v) is 6.99. The first-order valence-corrected chi connectivity index (χ1v) is 3.15. The number of hydrogen-bond acceptors (Lipinski definition) is 2. The van der Waals surface area contributed by atoms with Gasteiger partial charge in [-0.05, 0) is 0 Å². The molecule has 0 bridgehead atoms. The smallest absolute Gasteiger partial charge is 0.350 e. The highest BCUT2D eigenvalue weighted by molar-refractivity contribution is 4.91. The van der Waals surface area contributed by atoms with Crippen molar-refractivity contribution in [2.45, 2.75) is 19.6 Å². The van der Waals surface area contributed by atoms with E-state index in [4.69, 9.17) is 0 Å². The first-order valence-electron chi connectivity index (χ1n) is 3.15. The van der Waals surface area contributed by atoms with Gasteiger partial charge in [0.2, 0.25) is 0 Å². The average Bonchev–Trinajstić information content (AvgIpc) is 2.06. The first-order chi connectivity index (χ1) is 5.43. The topological polar surface area (TPSA) is 18.5 Å². The molecule has 2 nitrogen and oxygen atoms in total. The Bertz CT molecular complexity index is 209. The van der Waals surface area contributed by atoms with E-state index in [9.17, 15) is 8.78 Å². The van der Waals surface area contributed by atoms with E-state index in [0.29, 0.717) is 0 Å². The second-order valence-electron chi connectivity index (χ2n) is 2.40. The molecule has 0 unspecified atom stereocenters. The van der Waals surface area contributed by atoms with Crippen LogP contribution in [0.2, 0.25) is 0 Å². The Kier molecular flexibility index (Phi) is 3.51. The van der Waals surface area contributed by atoms with Crippen LogP contribution in [0.15, 0.2) is 30.9 Å². The van der Waals surface area contributed by atoms with E-state index >= 15 is 0 Å². The van der Waals surface area contributed by atoms with Gasteiger partial charge in [0.25, 0.3) is 5.79 Å². The van der Waals surface area contributed by atoms with Gasteiger partial charge in [-0.1, -0.05) is 13.2 Å². The Hall–Kier alpha value is -1.28. The molecule has 0 aromatic rings. The van der Waals surface area contributed by atoms with Crippen molar-refractivity contribution in [2.24, 2.45) is 0 Å². The van der Waals surface area contributed by atoms with Crippen LogP contribution in [0.1, 0.15) is 13.8 Å². The lowest BCUT2D eigenvalue weighted by Gasteiger charge is -2.15. The predicted octanol–water partition coefficient (Wildman–Crippen LogP) is 2.79. The molecule has 1 aliphatic heterocycles. The minimum Gasteiger partial charge on any atom is -0.424 e. The lowest BCUT2D eigenvalue weighted by atomic mass is 10.4. The van der Waals surface area contributed by atoms with Crippen molar-refractivity contribution in [3.05, 3.63) is 30.9 Å². The van der Waals surface area contributed by atoms with Crippen LogP contribution in [0, 0.1) is 0 Å². The average molecular weight is 176 g/mol. The molecule has 0 radical (unpaired) electrons. The molecule has 0 aromatic heterocycles. The van der Waals surface area contributed by atoms with Crippen molar-refractivity contribution in [1.29, 1.82) is 0 Å². The summed E-state index contributed by atoms with van der Waals surface area (Å²) in [5.41, 5.74) is 2.25. The highest BCUT2D eigenvalue weighted by atomic mass is 19.2. The van der Waals surface area contributed by atoms with E-state index < -0.39 is 17.8 Å². The molecule has 1 aliphatic rings. The maximum Gasteiger partial charge on any atom is 0.350 e. The molecular formula is C8H10F2O2. The molecule has 0 N–H and O–H groups in total. The van der Waals surface area contributed by atoms with Crippen LogP contribution >= 0.6 is 0 Å². The Balaban J connectivity index is 0.000000354. The van der Waals surface area contributed by atoms with Crippen LogP contribution in [-0.4, -0.2) is 5.79 Å². The lowest BCUT2D eigenvalue weighted by molar-refractivity contribution is -0.139. The van der Waals surface area contributed by atoms with Crippen LogP contribution in [-0.2, 0) is 9.47 Å². The maximum atomic E-state index is 12.0. The van der Waals surface area contributed by atoms with Gasteiger partial charge in [-0.25, -0.2) is 0 Å². The summed E-state index contributed by atoms with van der Waals surface area (Å²) in [6, 6.07) is -2.56. The SMILES string of the molecule is C=C=C.CC1(C)OC(F)=C(F)O1. The van der Waals surface area contributed by atoms with E-state index in [1.807, 2.05) is 0 Å². The Morgan fingerprint density at radius 3 is 1.50 bits per heavy atom. The highest BCUT2D eigenvalue weighted by Gasteiger charge is 2.34. The molecule has 0 atom stereocenters. The molecule has 0 saturated carbocycles. The van der Waals surface area contributed by atoms with E-state index in [0.717, 1.165) is 0 Å². The van der Waals surface area contributed by atoms with Crippen molar-refractivity contribution in [2.75, 3.05) is 0 Å². The maximum absolute atomic E-state index is 12.0. The molecule has 68 valence electrons. The quantitative estimate of drug-likeness (QED) is 0.528. The van der Waals surface area contributed by atoms with Gasteiger partial charge in [0.1, 0.15) is 0 Å². The Morgan fingerprint density at radius 1 is 1.17 bits per heavy atom. The molecule has 1 rings (SSSR count). The van der Waals surface area contributed by atoms with Crippen molar-refractivity contribution in [1.82, 2.24) is 0 Å². The van der Waals surface area contributed by atoms with Gasteiger partial charge >= 0.3 is 12.0 Å². The minimum atomic E-state index is -1.28. The van der Waals surface area contributed by atoms with Gasteiger partial charge in [0, 0.05) is 13.8 Å². The van der Waals surface area contributed by atoms with Crippen LogP contribution < -0.4 is 0 Å². The largest absolute Gasteiger partial charge is 0.424 e. The summed E-state index contributed by atoms with van der Waals surface area (Å²) in [5.74, 6) is -1.19.